The molecule has 0 spiro atoms. The number of benzene rings is 1. The first-order valence-electron chi connectivity index (χ1n) is 12.3. The van der Waals surface area contributed by atoms with Crippen LogP contribution in [0.4, 0.5) is 4.79 Å². The maximum Gasteiger partial charge on any atom is 0.315 e. The van der Waals surface area contributed by atoms with Gasteiger partial charge in [-0.05, 0) is 56.2 Å². The maximum absolute atomic E-state index is 12.5. The number of carbonyl (C=O) groups excluding carboxylic acids is 1. The monoisotopic (exact) mass is 429 g/mol. The summed E-state index contributed by atoms with van der Waals surface area (Å²) in [6, 6.07) is 9.25. The number of rotatable bonds is 7. The van der Waals surface area contributed by atoms with E-state index in [-0.39, 0.29) is 12.1 Å². The molecule has 2 amide bonds. The molecule has 31 heavy (non-hydrogen) atoms. The van der Waals surface area contributed by atoms with E-state index in [2.05, 4.69) is 33.7 Å². The number of carbonyl (C=O) groups is 1. The van der Waals surface area contributed by atoms with E-state index < -0.39 is 0 Å². The summed E-state index contributed by atoms with van der Waals surface area (Å²) >= 11 is 0. The Balaban J connectivity index is 1.18. The van der Waals surface area contributed by atoms with E-state index in [0.29, 0.717) is 19.3 Å². The number of amides is 2. The van der Waals surface area contributed by atoms with E-state index >= 15 is 0 Å². The summed E-state index contributed by atoms with van der Waals surface area (Å²) in [6.07, 6.45) is 11.3. The topological polar surface area (TPSA) is 62.8 Å². The summed E-state index contributed by atoms with van der Waals surface area (Å²) in [5.74, 6) is 0. The first-order valence-corrected chi connectivity index (χ1v) is 12.3. The van der Waals surface area contributed by atoms with Gasteiger partial charge in [0.05, 0.1) is 12.7 Å². The van der Waals surface area contributed by atoms with E-state index in [0.717, 1.165) is 56.2 Å². The van der Waals surface area contributed by atoms with Crippen molar-refractivity contribution in [3.8, 4) is 0 Å². The van der Waals surface area contributed by atoms with Crippen LogP contribution in [-0.4, -0.2) is 55.4 Å². The lowest BCUT2D eigenvalue weighted by Crippen LogP contribution is -2.53. The summed E-state index contributed by atoms with van der Waals surface area (Å²) in [7, 11) is 0. The normalized spacial score (nSPS) is 24.1. The summed E-state index contributed by atoms with van der Waals surface area (Å²) in [5.41, 5.74) is 2.26. The first kappa shape index (κ1) is 22.6. The van der Waals surface area contributed by atoms with Crippen molar-refractivity contribution in [2.45, 2.75) is 89.1 Å². The molecule has 1 saturated carbocycles. The van der Waals surface area contributed by atoms with Crippen LogP contribution in [0, 0.1) is 0 Å². The highest BCUT2D eigenvalue weighted by molar-refractivity contribution is 5.74. The van der Waals surface area contributed by atoms with Crippen LogP contribution in [0.15, 0.2) is 24.3 Å². The van der Waals surface area contributed by atoms with Gasteiger partial charge >= 0.3 is 6.03 Å². The Morgan fingerprint density at radius 3 is 2.68 bits per heavy atom. The van der Waals surface area contributed by atoms with Gasteiger partial charge in [0.15, 0.2) is 0 Å². The molecule has 172 valence electrons. The Morgan fingerprint density at radius 1 is 1.03 bits per heavy atom. The van der Waals surface area contributed by atoms with E-state index in [1.807, 2.05) is 6.07 Å². The van der Waals surface area contributed by atoms with Crippen molar-refractivity contribution in [2.24, 2.45) is 0 Å². The molecule has 6 nitrogen and oxygen atoms in total. The van der Waals surface area contributed by atoms with E-state index in [4.69, 9.17) is 9.47 Å². The van der Waals surface area contributed by atoms with Crippen molar-refractivity contribution in [2.75, 3.05) is 26.3 Å². The second kappa shape index (κ2) is 11.8. The molecule has 1 unspecified atom stereocenters. The molecule has 1 aromatic rings. The fourth-order valence-electron chi connectivity index (χ4n) is 5.21. The number of ether oxygens (including phenoxy) is 2. The molecule has 2 N–H and O–H groups in total. The minimum atomic E-state index is -0.0562. The zero-order valence-corrected chi connectivity index (χ0v) is 18.8. The highest BCUT2D eigenvalue weighted by Gasteiger charge is 2.27. The van der Waals surface area contributed by atoms with Gasteiger partial charge in [-0.15, -0.1) is 0 Å². The second-order valence-corrected chi connectivity index (χ2v) is 9.40. The lowest BCUT2D eigenvalue weighted by Gasteiger charge is -2.40. The Bertz CT molecular complexity index is 686. The number of nitrogens with one attached hydrogen (secondary N) is 2. The van der Waals surface area contributed by atoms with Gasteiger partial charge in [0.2, 0.25) is 0 Å². The lowest BCUT2D eigenvalue weighted by molar-refractivity contribution is -0.0390. The Hall–Kier alpha value is -1.63. The predicted molar refractivity (Wildman–Crippen MR) is 122 cm³/mol. The first-order chi connectivity index (χ1) is 15.3. The highest BCUT2D eigenvalue weighted by Crippen LogP contribution is 2.25. The summed E-state index contributed by atoms with van der Waals surface area (Å²) in [5, 5.41) is 6.26. The molecule has 1 atom stereocenters. The van der Waals surface area contributed by atoms with E-state index in [9.17, 15) is 4.79 Å². The molecular formula is C25H39N3O3. The van der Waals surface area contributed by atoms with Crippen molar-refractivity contribution >= 4 is 6.03 Å². The molecule has 0 aromatic heterocycles. The summed E-state index contributed by atoms with van der Waals surface area (Å²) in [6.45, 7) is 4.93. The third kappa shape index (κ3) is 7.19. The zero-order chi connectivity index (χ0) is 21.3. The molecule has 2 saturated heterocycles. The molecule has 1 aliphatic carbocycles. The van der Waals surface area contributed by atoms with Crippen LogP contribution in [0.25, 0.3) is 0 Å². The van der Waals surface area contributed by atoms with Gasteiger partial charge in [0.25, 0.3) is 0 Å². The van der Waals surface area contributed by atoms with E-state index in [1.165, 1.54) is 45.1 Å². The smallest absolute Gasteiger partial charge is 0.315 e. The Morgan fingerprint density at radius 2 is 1.84 bits per heavy atom. The molecular weight excluding hydrogens is 390 g/mol. The van der Waals surface area contributed by atoms with Crippen LogP contribution in [-0.2, 0) is 22.6 Å². The van der Waals surface area contributed by atoms with Crippen molar-refractivity contribution in [3.05, 3.63) is 35.4 Å². The zero-order valence-electron chi connectivity index (χ0n) is 18.8. The highest BCUT2D eigenvalue weighted by atomic mass is 16.5. The van der Waals surface area contributed by atoms with Crippen LogP contribution in [0.5, 0.6) is 0 Å². The third-order valence-corrected chi connectivity index (χ3v) is 6.98. The number of likely N-dealkylation sites (tertiary alicyclic amines) is 1. The molecule has 6 heteroatoms. The van der Waals surface area contributed by atoms with Crippen LogP contribution in [0.3, 0.4) is 0 Å². The van der Waals surface area contributed by atoms with Gasteiger partial charge in [0, 0.05) is 38.4 Å². The largest absolute Gasteiger partial charge is 0.381 e. The molecule has 1 aromatic carbocycles. The molecule has 2 heterocycles. The van der Waals surface area contributed by atoms with Crippen molar-refractivity contribution in [1.82, 2.24) is 15.5 Å². The number of piperidine rings is 1. The number of urea groups is 1. The van der Waals surface area contributed by atoms with Crippen molar-refractivity contribution < 1.29 is 14.3 Å². The minimum Gasteiger partial charge on any atom is -0.381 e. The Kier molecular flexibility index (Phi) is 8.62. The lowest BCUT2D eigenvalue weighted by atomic mass is 9.92. The molecule has 0 radical (unpaired) electrons. The van der Waals surface area contributed by atoms with Crippen molar-refractivity contribution in [1.29, 1.82) is 0 Å². The molecule has 4 rings (SSSR count). The molecule has 3 fully saturated rings. The number of hydrogen-bond acceptors (Lipinski definition) is 4. The summed E-state index contributed by atoms with van der Waals surface area (Å²) in [4.78, 5) is 15.1. The van der Waals surface area contributed by atoms with Crippen molar-refractivity contribution in [3.63, 3.8) is 0 Å². The standard InChI is InChI=1S/C25H39N3O3/c29-25(27-22-8-5-13-28(18-22)23-9-2-1-3-10-23)26-17-20-6-4-7-21(16-20)19-31-24-11-14-30-15-12-24/h4,6-7,16,22-24H,1-3,5,8-15,17-19H2,(H2,26,27,29). The van der Waals surface area contributed by atoms with Crippen LogP contribution < -0.4 is 10.6 Å². The van der Waals surface area contributed by atoms with E-state index in [1.54, 1.807) is 0 Å². The van der Waals surface area contributed by atoms with Gasteiger partial charge in [-0.1, -0.05) is 43.5 Å². The minimum absolute atomic E-state index is 0.0562. The third-order valence-electron chi connectivity index (χ3n) is 6.98. The quantitative estimate of drug-likeness (QED) is 0.688. The van der Waals surface area contributed by atoms with Gasteiger partial charge in [-0.2, -0.15) is 0 Å². The number of nitrogens with zero attached hydrogens (tertiary/aromatic N) is 1. The fourth-order valence-corrected chi connectivity index (χ4v) is 5.21. The molecule has 3 aliphatic rings. The van der Waals surface area contributed by atoms with Gasteiger partial charge in [-0.3, -0.25) is 4.90 Å². The SMILES string of the molecule is O=C(NCc1cccc(COC2CCOCC2)c1)NC1CCCN(C2CCCCC2)C1. The van der Waals surface area contributed by atoms with Gasteiger partial charge in [-0.25, -0.2) is 4.79 Å². The van der Waals surface area contributed by atoms with Gasteiger partial charge < -0.3 is 20.1 Å². The average Bonchev–Trinajstić information content (AvgIpc) is 2.83. The van der Waals surface area contributed by atoms with Crippen LogP contribution in [0.1, 0.15) is 68.9 Å². The van der Waals surface area contributed by atoms with Crippen LogP contribution >= 0.6 is 0 Å². The predicted octanol–water partition coefficient (Wildman–Crippen LogP) is 3.98. The maximum atomic E-state index is 12.5. The Labute approximate surface area is 187 Å². The number of hydrogen-bond donors (Lipinski definition) is 2. The van der Waals surface area contributed by atoms with Gasteiger partial charge in [0.1, 0.15) is 0 Å². The molecule has 2 aliphatic heterocycles. The second-order valence-electron chi connectivity index (χ2n) is 9.40. The average molecular weight is 430 g/mol. The fraction of sp³-hybridized carbons (Fsp3) is 0.720. The van der Waals surface area contributed by atoms with Crippen LogP contribution in [0.2, 0.25) is 0 Å². The summed E-state index contributed by atoms with van der Waals surface area (Å²) < 4.78 is 11.4. The molecule has 0 bridgehead atoms.